The summed E-state index contributed by atoms with van der Waals surface area (Å²) < 4.78 is 5.78. The fourth-order valence-corrected chi connectivity index (χ4v) is 2.47. The number of aliphatic hydroxyl groups excluding tert-OH is 1. The highest BCUT2D eigenvalue weighted by molar-refractivity contribution is 5.74. The standard InChI is InChI=1S/C16H24N2O3/c1-12-4-3-5-15(8-12)21-13(2)9-17-16(20)18-7-6-14(10-18)11-19/h3-5,8,13-14,19H,6-7,9-11H2,1-2H3,(H,17,20). The van der Waals surface area contributed by atoms with Gasteiger partial charge in [-0.1, -0.05) is 12.1 Å². The lowest BCUT2D eigenvalue weighted by molar-refractivity contribution is 0.184. The van der Waals surface area contributed by atoms with E-state index >= 15 is 0 Å². The van der Waals surface area contributed by atoms with E-state index in [1.165, 1.54) is 0 Å². The van der Waals surface area contributed by atoms with Gasteiger partial charge in [-0.2, -0.15) is 0 Å². The molecule has 2 N–H and O–H groups in total. The number of carbonyl (C=O) groups excluding carboxylic acids is 1. The lowest BCUT2D eigenvalue weighted by Gasteiger charge is -2.20. The van der Waals surface area contributed by atoms with Crippen molar-refractivity contribution in [3.05, 3.63) is 29.8 Å². The van der Waals surface area contributed by atoms with Crippen molar-refractivity contribution in [2.45, 2.75) is 26.4 Å². The molecule has 0 aliphatic carbocycles. The second-order valence-corrected chi connectivity index (χ2v) is 5.71. The van der Waals surface area contributed by atoms with Crippen LogP contribution in [0.2, 0.25) is 0 Å². The molecule has 1 fully saturated rings. The van der Waals surface area contributed by atoms with Crippen LogP contribution >= 0.6 is 0 Å². The normalized spacial score (nSPS) is 19.4. The van der Waals surface area contributed by atoms with Crippen LogP contribution in [0.5, 0.6) is 5.75 Å². The van der Waals surface area contributed by atoms with Gasteiger partial charge in [-0.15, -0.1) is 0 Å². The van der Waals surface area contributed by atoms with Crippen LogP contribution < -0.4 is 10.1 Å². The summed E-state index contributed by atoms with van der Waals surface area (Å²) in [5.41, 5.74) is 1.15. The van der Waals surface area contributed by atoms with Crippen LogP contribution in [0.4, 0.5) is 4.79 Å². The first-order valence-corrected chi connectivity index (χ1v) is 7.45. The highest BCUT2D eigenvalue weighted by atomic mass is 16.5. The smallest absolute Gasteiger partial charge is 0.317 e. The molecule has 0 spiro atoms. The number of aryl methyl sites for hydroxylation is 1. The number of amides is 2. The Kier molecular flexibility index (Phi) is 5.44. The Morgan fingerprint density at radius 1 is 1.57 bits per heavy atom. The molecule has 1 aliphatic rings. The Balaban J connectivity index is 1.73. The van der Waals surface area contributed by atoms with Crippen LogP contribution in [0.15, 0.2) is 24.3 Å². The predicted molar refractivity (Wildman–Crippen MR) is 81.4 cm³/mol. The van der Waals surface area contributed by atoms with Gasteiger partial charge >= 0.3 is 6.03 Å². The third-order valence-electron chi connectivity index (χ3n) is 3.70. The number of likely N-dealkylation sites (tertiary alicyclic amines) is 1. The molecule has 2 rings (SSSR count). The van der Waals surface area contributed by atoms with Crippen molar-refractivity contribution >= 4 is 6.03 Å². The van der Waals surface area contributed by atoms with Gasteiger partial charge in [-0.3, -0.25) is 0 Å². The van der Waals surface area contributed by atoms with Gasteiger partial charge in [0.1, 0.15) is 11.9 Å². The molecule has 1 aliphatic heterocycles. The van der Waals surface area contributed by atoms with E-state index < -0.39 is 0 Å². The van der Waals surface area contributed by atoms with E-state index in [-0.39, 0.29) is 24.7 Å². The molecule has 1 saturated heterocycles. The minimum atomic E-state index is -0.0907. The molecular weight excluding hydrogens is 268 g/mol. The molecule has 1 aromatic carbocycles. The molecule has 2 unspecified atom stereocenters. The molecule has 1 aromatic rings. The van der Waals surface area contributed by atoms with Crippen molar-refractivity contribution in [3.63, 3.8) is 0 Å². The SMILES string of the molecule is Cc1cccc(OC(C)CNC(=O)N2CCC(CO)C2)c1. The minimum absolute atomic E-state index is 0.0781. The number of aliphatic hydroxyl groups is 1. The predicted octanol–water partition coefficient (Wildman–Crippen LogP) is 1.79. The maximum atomic E-state index is 12.0. The maximum absolute atomic E-state index is 12.0. The average molecular weight is 292 g/mol. The maximum Gasteiger partial charge on any atom is 0.317 e. The van der Waals surface area contributed by atoms with Gasteiger partial charge in [0.15, 0.2) is 0 Å². The molecule has 21 heavy (non-hydrogen) atoms. The number of nitrogens with one attached hydrogen (secondary N) is 1. The van der Waals surface area contributed by atoms with Crippen molar-refractivity contribution in [1.29, 1.82) is 0 Å². The number of nitrogens with zero attached hydrogens (tertiary/aromatic N) is 1. The molecule has 2 amide bonds. The Morgan fingerprint density at radius 2 is 2.38 bits per heavy atom. The van der Waals surface area contributed by atoms with Gasteiger partial charge in [-0.25, -0.2) is 4.79 Å². The van der Waals surface area contributed by atoms with Crippen molar-refractivity contribution < 1.29 is 14.6 Å². The second kappa shape index (κ2) is 7.31. The first kappa shape index (κ1) is 15.6. The summed E-state index contributed by atoms with van der Waals surface area (Å²) in [5.74, 6) is 1.04. The van der Waals surface area contributed by atoms with Crippen LogP contribution in [0, 0.1) is 12.8 Å². The lowest BCUT2D eigenvalue weighted by Crippen LogP contribution is -2.42. The number of urea groups is 1. The number of benzene rings is 1. The van der Waals surface area contributed by atoms with Gasteiger partial charge < -0.3 is 20.1 Å². The molecule has 116 valence electrons. The summed E-state index contributed by atoms with van der Waals surface area (Å²) in [5, 5.41) is 12.0. The average Bonchev–Trinajstić information content (AvgIpc) is 2.94. The first-order chi connectivity index (χ1) is 10.1. The summed E-state index contributed by atoms with van der Waals surface area (Å²) in [6.07, 6.45) is 0.784. The van der Waals surface area contributed by atoms with E-state index in [9.17, 15) is 4.79 Å². The van der Waals surface area contributed by atoms with Crippen molar-refractivity contribution in [3.8, 4) is 5.75 Å². The van der Waals surface area contributed by atoms with E-state index in [1.807, 2.05) is 38.1 Å². The van der Waals surface area contributed by atoms with Gasteiger partial charge in [0.25, 0.3) is 0 Å². The van der Waals surface area contributed by atoms with Gasteiger partial charge in [0.05, 0.1) is 6.54 Å². The number of rotatable bonds is 5. The fraction of sp³-hybridized carbons (Fsp3) is 0.562. The largest absolute Gasteiger partial charge is 0.489 e. The lowest BCUT2D eigenvalue weighted by atomic mass is 10.1. The quantitative estimate of drug-likeness (QED) is 0.869. The Labute approximate surface area is 125 Å². The van der Waals surface area contributed by atoms with E-state index in [4.69, 9.17) is 9.84 Å². The topological polar surface area (TPSA) is 61.8 Å². The molecule has 0 saturated carbocycles. The number of hydrogen-bond acceptors (Lipinski definition) is 3. The Bertz CT molecular complexity index is 478. The second-order valence-electron chi connectivity index (χ2n) is 5.71. The van der Waals surface area contributed by atoms with Crippen LogP contribution in [0.1, 0.15) is 18.9 Å². The third-order valence-corrected chi connectivity index (χ3v) is 3.70. The zero-order chi connectivity index (χ0) is 15.2. The molecule has 0 aromatic heterocycles. The van der Waals surface area contributed by atoms with Crippen LogP contribution in [-0.2, 0) is 0 Å². The van der Waals surface area contributed by atoms with Crippen LogP contribution in [-0.4, -0.2) is 48.4 Å². The number of carbonyl (C=O) groups is 1. The fourth-order valence-electron chi connectivity index (χ4n) is 2.47. The van der Waals surface area contributed by atoms with E-state index in [2.05, 4.69) is 5.32 Å². The van der Waals surface area contributed by atoms with Crippen LogP contribution in [0.3, 0.4) is 0 Å². The van der Waals surface area contributed by atoms with E-state index in [0.717, 1.165) is 17.7 Å². The summed E-state index contributed by atoms with van der Waals surface area (Å²) in [6, 6.07) is 7.78. The highest BCUT2D eigenvalue weighted by Crippen LogP contribution is 2.16. The van der Waals surface area contributed by atoms with E-state index in [1.54, 1.807) is 4.90 Å². The summed E-state index contributed by atoms with van der Waals surface area (Å²) in [4.78, 5) is 13.7. The molecule has 5 heteroatoms. The molecule has 0 bridgehead atoms. The van der Waals surface area contributed by atoms with Crippen molar-refractivity contribution in [2.24, 2.45) is 5.92 Å². The van der Waals surface area contributed by atoms with E-state index in [0.29, 0.717) is 19.6 Å². The monoisotopic (exact) mass is 292 g/mol. The van der Waals surface area contributed by atoms with Crippen molar-refractivity contribution in [2.75, 3.05) is 26.2 Å². The van der Waals surface area contributed by atoms with Crippen molar-refractivity contribution in [1.82, 2.24) is 10.2 Å². The Hall–Kier alpha value is -1.75. The van der Waals surface area contributed by atoms with Crippen LogP contribution in [0.25, 0.3) is 0 Å². The third kappa shape index (κ3) is 4.63. The summed E-state index contributed by atoms with van der Waals surface area (Å²) in [7, 11) is 0. The molecular formula is C16H24N2O3. The summed E-state index contributed by atoms with van der Waals surface area (Å²) in [6.45, 7) is 5.91. The molecule has 5 nitrogen and oxygen atoms in total. The zero-order valence-electron chi connectivity index (χ0n) is 12.7. The highest BCUT2D eigenvalue weighted by Gasteiger charge is 2.25. The van der Waals surface area contributed by atoms with Gasteiger partial charge in [-0.05, 0) is 38.0 Å². The molecule has 0 radical (unpaired) electrons. The number of ether oxygens (including phenoxy) is 1. The number of hydrogen-bond donors (Lipinski definition) is 2. The zero-order valence-corrected chi connectivity index (χ0v) is 12.7. The minimum Gasteiger partial charge on any atom is -0.489 e. The van der Waals surface area contributed by atoms with Gasteiger partial charge in [0.2, 0.25) is 0 Å². The molecule has 1 heterocycles. The van der Waals surface area contributed by atoms with Gasteiger partial charge in [0, 0.05) is 25.6 Å². The molecule has 2 atom stereocenters. The first-order valence-electron chi connectivity index (χ1n) is 7.45. The summed E-state index contributed by atoms with van der Waals surface area (Å²) >= 11 is 0. The Morgan fingerprint density at radius 3 is 3.05 bits per heavy atom.